The maximum Gasteiger partial charge on any atom is 0.242 e. The minimum absolute atomic E-state index is 0.127. The van der Waals surface area contributed by atoms with Crippen molar-refractivity contribution in [1.29, 1.82) is 0 Å². The van der Waals surface area contributed by atoms with Gasteiger partial charge in [-0.1, -0.05) is 13.0 Å². The molecular formula is C11H22N2O. The standard InChI is InChI=1S/C11H22N2O/c1-6-8-13(9-7-2)10(14)11(3,4)12-5/h6,12H,1,7-9H2,2-5H3. The average Bonchev–Trinajstić information content (AvgIpc) is 2.16. The maximum atomic E-state index is 12.0. The lowest BCUT2D eigenvalue weighted by atomic mass is 10.0. The summed E-state index contributed by atoms with van der Waals surface area (Å²) >= 11 is 0. The fourth-order valence-corrected chi connectivity index (χ4v) is 1.20. The molecule has 0 fully saturated rings. The van der Waals surface area contributed by atoms with Crippen molar-refractivity contribution in [2.45, 2.75) is 32.7 Å². The van der Waals surface area contributed by atoms with E-state index in [4.69, 9.17) is 0 Å². The van der Waals surface area contributed by atoms with Crippen molar-refractivity contribution in [3.63, 3.8) is 0 Å². The molecule has 0 saturated heterocycles. The first-order valence-electron chi connectivity index (χ1n) is 5.08. The van der Waals surface area contributed by atoms with Crippen LogP contribution in [0.4, 0.5) is 0 Å². The van der Waals surface area contributed by atoms with E-state index in [1.54, 1.807) is 13.1 Å². The van der Waals surface area contributed by atoms with Gasteiger partial charge in [-0.25, -0.2) is 0 Å². The predicted molar refractivity (Wildman–Crippen MR) is 60.2 cm³/mol. The van der Waals surface area contributed by atoms with Gasteiger partial charge in [0.2, 0.25) is 5.91 Å². The first kappa shape index (κ1) is 13.2. The molecule has 0 radical (unpaired) electrons. The molecule has 0 rings (SSSR count). The molecule has 0 bridgehead atoms. The van der Waals surface area contributed by atoms with Gasteiger partial charge in [0.25, 0.3) is 0 Å². The molecular weight excluding hydrogens is 176 g/mol. The van der Waals surface area contributed by atoms with E-state index in [9.17, 15) is 4.79 Å². The number of carbonyl (C=O) groups excluding carboxylic acids is 1. The van der Waals surface area contributed by atoms with Crippen molar-refractivity contribution >= 4 is 5.91 Å². The Kier molecular flexibility index (Phi) is 5.46. The van der Waals surface area contributed by atoms with Crippen molar-refractivity contribution in [3.8, 4) is 0 Å². The number of rotatable bonds is 6. The van der Waals surface area contributed by atoms with Crippen molar-refractivity contribution in [2.24, 2.45) is 0 Å². The molecule has 1 N–H and O–H groups in total. The second-order valence-electron chi connectivity index (χ2n) is 3.91. The average molecular weight is 198 g/mol. The van der Waals surface area contributed by atoms with Crippen LogP contribution in [0.5, 0.6) is 0 Å². The first-order valence-corrected chi connectivity index (χ1v) is 5.08. The second kappa shape index (κ2) is 5.81. The zero-order chi connectivity index (χ0) is 11.2. The number of hydrogen-bond acceptors (Lipinski definition) is 2. The molecule has 0 heterocycles. The number of amides is 1. The molecule has 1 amide bonds. The Morgan fingerprint density at radius 3 is 2.50 bits per heavy atom. The van der Waals surface area contributed by atoms with E-state index < -0.39 is 5.54 Å². The number of hydrogen-bond donors (Lipinski definition) is 1. The zero-order valence-corrected chi connectivity index (χ0v) is 9.76. The van der Waals surface area contributed by atoms with Gasteiger partial charge in [-0.2, -0.15) is 0 Å². The van der Waals surface area contributed by atoms with Crippen molar-refractivity contribution < 1.29 is 4.79 Å². The van der Waals surface area contributed by atoms with Gasteiger partial charge in [-0.05, 0) is 27.3 Å². The molecule has 3 heteroatoms. The van der Waals surface area contributed by atoms with Crippen LogP contribution in [-0.4, -0.2) is 36.5 Å². The predicted octanol–water partition coefficient (Wildman–Crippen LogP) is 1.41. The van der Waals surface area contributed by atoms with Crippen LogP contribution >= 0.6 is 0 Å². The smallest absolute Gasteiger partial charge is 0.242 e. The Bertz CT molecular complexity index is 199. The summed E-state index contributed by atoms with van der Waals surface area (Å²) in [7, 11) is 1.80. The molecule has 0 saturated carbocycles. The second-order valence-corrected chi connectivity index (χ2v) is 3.91. The van der Waals surface area contributed by atoms with E-state index in [0.717, 1.165) is 13.0 Å². The molecule has 0 aliphatic rings. The molecule has 14 heavy (non-hydrogen) atoms. The highest BCUT2D eigenvalue weighted by Crippen LogP contribution is 2.07. The largest absolute Gasteiger partial charge is 0.337 e. The van der Waals surface area contributed by atoms with Crippen LogP contribution in [0.2, 0.25) is 0 Å². The van der Waals surface area contributed by atoms with E-state index >= 15 is 0 Å². The first-order chi connectivity index (χ1) is 6.49. The third kappa shape index (κ3) is 3.50. The Balaban J connectivity index is 4.49. The Labute approximate surface area is 87.2 Å². The van der Waals surface area contributed by atoms with Crippen LogP contribution in [0.15, 0.2) is 12.7 Å². The minimum atomic E-state index is -0.488. The fourth-order valence-electron chi connectivity index (χ4n) is 1.20. The Hall–Kier alpha value is -0.830. The highest BCUT2D eigenvalue weighted by atomic mass is 16.2. The fraction of sp³-hybridized carbons (Fsp3) is 0.727. The lowest BCUT2D eigenvalue weighted by molar-refractivity contribution is -0.136. The van der Waals surface area contributed by atoms with Gasteiger partial charge in [0.1, 0.15) is 0 Å². The molecule has 0 aromatic carbocycles. The third-order valence-electron chi connectivity index (χ3n) is 2.29. The molecule has 0 aliphatic carbocycles. The molecule has 0 aliphatic heterocycles. The molecule has 82 valence electrons. The maximum absolute atomic E-state index is 12.0. The number of likely N-dealkylation sites (N-methyl/N-ethyl adjacent to an activating group) is 1. The van der Waals surface area contributed by atoms with Crippen LogP contribution in [0, 0.1) is 0 Å². The lowest BCUT2D eigenvalue weighted by Gasteiger charge is -2.30. The molecule has 0 aromatic heterocycles. The van der Waals surface area contributed by atoms with Gasteiger partial charge in [0.05, 0.1) is 5.54 Å². The van der Waals surface area contributed by atoms with Gasteiger partial charge in [0, 0.05) is 13.1 Å². The van der Waals surface area contributed by atoms with Crippen LogP contribution in [-0.2, 0) is 4.79 Å². The third-order valence-corrected chi connectivity index (χ3v) is 2.29. The highest BCUT2D eigenvalue weighted by molar-refractivity contribution is 5.85. The quantitative estimate of drug-likeness (QED) is 0.654. The zero-order valence-electron chi connectivity index (χ0n) is 9.76. The minimum Gasteiger partial charge on any atom is -0.337 e. The summed E-state index contributed by atoms with van der Waals surface area (Å²) in [4.78, 5) is 13.8. The lowest BCUT2D eigenvalue weighted by Crippen LogP contribution is -2.53. The molecule has 0 spiro atoms. The Morgan fingerprint density at radius 2 is 2.14 bits per heavy atom. The Morgan fingerprint density at radius 1 is 1.57 bits per heavy atom. The van der Waals surface area contributed by atoms with Gasteiger partial charge in [0.15, 0.2) is 0 Å². The van der Waals surface area contributed by atoms with Crippen LogP contribution < -0.4 is 5.32 Å². The summed E-state index contributed by atoms with van der Waals surface area (Å²) in [6, 6.07) is 0. The summed E-state index contributed by atoms with van der Waals surface area (Å²) in [6.45, 7) is 10.9. The van der Waals surface area contributed by atoms with E-state index in [0.29, 0.717) is 6.54 Å². The van der Waals surface area contributed by atoms with Gasteiger partial charge < -0.3 is 10.2 Å². The summed E-state index contributed by atoms with van der Waals surface area (Å²) in [5.41, 5.74) is -0.488. The van der Waals surface area contributed by atoms with Crippen molar-refractivity contribution in [2.75, 3.05) is 20.1 Å². The molecule has 0 aromatic rings. The monoisotopic (exact) mass is 198 g/mol. The van der Waals surface area contributed by atoms with E-state index in [1.807, 2.05) is 18.7 Å². The molecule has 0 unspecified atom stereocenters. The van der Waals surface area contributed by atoms with E-state index in [1.165, 1.54) is 0 Å². The van der Waals surface area contributed by atoms with E-state index in [2.05, 4.69) is 18.8 Å². The summed E-state index contributed by atoms with van der Waals surface area (Å²) < 4.78 is 0. The summed E-state index contributed by atoms with van der Waals surface area (Å²) in [5.74, 6) is 0.127. The number of nitrogens with zero attached hydrogens (tertiary/aromatic N) is 1. The molecule has 0 atom stereocenters. The molecule has 3 nitrogen and oxygen atoms in total. The summed E-state index contributed by atoms with van der Waals surface area (Å²) in [5, 5.41) is 3.01. The van der Waals surface area contributed by atoms with Crippen LogP contribution in [0.3, 0.4) is 0 Å². The number of carbonyl (C=O) groups is 1. The SMILES string of the molecule is C=CCN(CCC)C(=O)C(C)(C)NC. The van der Waals surface area contributed by atoms with Crippen LogP contribution in [0.25, 0.3) is 0 Å². The number of nitrogens with one attached hydrogen (secondary N) is 1. The summed E-state index contributed by atoms with van der Waals surface area (Å²) in [6.07, 6.45) is 2.73. The van der Waals surface area contributed by atoms with Gasteiger partial charge in [-0.3, -0.25) is 4.79 Å². The van der Waals surface area contributed by atoms with Gasteiger partial charge in [-0.15, -0.1) is 6.58 Å². The van der Waals surface area contributed by atoms with Gasteiger partial charge >= 0.3 is 0 Å². The van der Waals surface area contributed by atoms with Crippen molar-refractivity contribution in [1.82, 2.24) is 10.2 Å². The topological polar surface area (TPSA) is 32.3 Å². The van der Waals surface area contributed by atoms with Crippen molar-refractivity contribution in [3.05, 3.63) is 12.7 Å². The normalized spacial score (nSPS) is 11.1. The highest BCUT2D eigenvalue weighted by Gasteiger charge is 2.29. The van der Waals surface area contributed by atoms with E-state index in [-0.39, 0.29) is 5.91 Å². The van der Waals surface area contributed by atoms with Crippen LogP contribution in [0.1, 0.15) is 27.2 Å².